The lowest BCUT2D eigenvalue weighted by atomic mass is 10.4. The molecule has 5 heteroatoms. The van der Waals surface area contributed by atoms with Crippen LogP contribution in [0.5, 0.6) is 0 Å². The van der Waals surface area contributed by atoms with Crippen molar-refractivity contribution in [3.63, 3.8) is 0 Å². The molecule has 0 rings (SSSR count). The molecule has 0 bridgehead atoms. The van der Waals surface area contributed by atoms with Gasteiger partial charge in [0, 0.05) is 6.08 Å². The largest absolute Gasteiger partial charge is 0.512 e. The van der Waals surface area contributed by atoms with Crippen molar-refractivity contribution >= 4 is 11.9 Å². The van der Waals surface area contributed by atoms with Crippen molar-refractivity contribution in [3.05, 3.63) is 11.8 Å². The van der Waals surface area contributed by atoms with E-state index in [9.17, 15) is 9.59 Å². The van der Waals surface area contributed by atoms with E-state index in [1.165, 1.54) is 6.92 Å². The van der Waals surface area contributed by atoms with Gasteiger partial charge in [-0.2, -0.15) is 0 Å². The first kappa shape index (κ1) is 11.5. The van der Waals surface area contributed by atoms with Crippen molar-refractivity contribution in [2.24, 2.45) is 0 Å². The number of allylic oxidation sites excluding steroid dienone is 1. The predicted octanol–water partition coefficient (Wildman–Crippen LogP) is 0.128. The number of aliphatic hydroxyl groups excluding tert-OH is 1. The van der Waals surface area contributed by atoms with Crippen LogP contribution in [0.25, 0.3) is 0 Å². The first-order chi connectivity index (χ1) is 6.06. The molecule has 0 aliphatic rings. The van der Waals surface area contributed by atoms with Crippen molar-refractivity contribution in [1.82, 2.24) is 5.32 Å². The molecule has 2 N–H and O–H groups in total. The molecule has 0 atom stereocenters. The summed E-state index contributed by atoms with van der Waals surface area (Å²) in [5.74, 6) is -1.13. The van der Waals surface area contributed by atoms with Gasteiger partial charge < -0.3 is 15.2 Å². The lowest BCUT2D eigenvalue weighted by Gasteiger charge is -2.01. The summed E-state index contributed by atoms with van der Waals surface area (Å²) in [5.41, 5.74) is 0. The minimum absolute atomic E-state index is 0.110. The monoisotopic (exact) mass is 187 g/mol. The quantitative estimate of drug-likeness (QED) is 0.372. The van der Waals surface area contributed by atoms with Crippen LogP contribution in [-0.2, 0) is 14.3 Å². The molecule has 0 aliphatic heterocycles. The van der Waals surface area contributed by atoms with Gasteiger partial charge in [-0.25, -0.2) is 0 Å². The molecule has 0 saturated carbocycles. The van der Waals surface area contributed by atoms with Crippen LogP contribution in [0, 0.1) is 0 Å². The van der Waals surface area contributed by atoms with E-state index in [0.717, 1.165) is 6.08 Å². The second-order valence-corrected chi connectivity index (χ2v) is 2.31. The Labute approximate surface area is 76.4 Å². The Balaban J connectivity index is 3.71. The van der Waals surface area contributed by atoms with Crippen LogP contribution in [-0.4, -0.2) is 30.1 Å². The maximum atomic E-state index is 10.8. The van der Waals surface area contributed by atoms with Gasteiger partial charge in [0.1, 0.15) is 6.54 Å². The molecule has 13 heavy (non-hydrogen) atoms. The second-order valence-electron chi connectivity index (χ2n) is 2.31. The number of rotatable bonds is 4. The Morgan fingerprint density at radius 3 is 2.62 bits per heavy atom. The molecule has 0 saturated heterocycles. The van der Waals surface area contributed by atoms with E-state index in [1.54, 1.807) is 6.92 Å². The van der Waals surface area contributed by atoms with Gasteiger partial charge in [-0.1, -0.05) is 0 Å². The SMILES string of the molecule is CCOC(=O)CNC(=O)/C=C(/C)O. The number of hydrogen-bond acceptors (Lipinski definition) is 4. The molecule has 1 amide bonds. The van der Waals surface area contributed by atoms with Crippen LogP contribution >= 0.6 is 0 Å². The smallest absolute Gasteiger partial charge is 0.325 e. The maximum Gasteiger partial charge on any atom is 0.325 e. The average molecular weight is 187 g/mol. The van der Waals surface area contributed by atoms with Crippen LogP contribution in [0.3, 0.4) is 0 Å². The fourth-order valence-corrected chi connectivity index (χ4v) is 0.612. The molecule has 0 aromatic carbocycles. The lowest BCUT2D eigenvalue weighted by Crippen LogP contribution is -2.29. The summed E-state index contributed by atoms with van der Waals surface area (Å²) in [6.07, 6.45) is 0.985. The van der Waals surface area contributed by atoms with Crippen LogP contribution in [0.2, 0.25) is 0 Å². The van der Waals surface area contributed by atoms with Gasteiger partial charge in [-0.05, 0) is 13.8 Å². The molecule has 5 nitrogen and oxygen atoms in total. The second kappa shape index (κ2) is 6.05. The highest BCUT2D eigenvalue weighted by Crippen LogP contribution is 1.83. The van der Waals surface area contributed by atoms with Crippen molar-refractivity contribution in [2.45, 2.75) is 13.8 Å². The van der Waals surface area contributed by atoms with Crippen molar-refractivity contribution in [2.75, 3.05) is 13.2 Å². The van der Waals surface area contributed by atoms with Gasteiger partial charge in [0.15, 0.2) is 0 Å². The Morgan fingerprint density at radius 1 is 1.54 bits per heavy atom. The van der Waals surface area contributed by atoms with Gasteiger partial charge in [0.05, 0.1) is 12.4 Å². The van der Waals surface area contributed by atoms with E-state index >= 15 is 0 Å². The van der Waals surface area contributed by atoms with E-state index in [0.29, 0.717) is 0 Å². The van der Waals surface area contributed by atoms with Crippen LogP contribution in [0.15, 0.2) is 11.8 Å². The number of amides is 1. The van der Waals surface area contributed by atoms with Crippen molar-refractivity contribution in [1.29, 1.82) is 0 Å². The minimum atomic E-state index is -0.520. The zero-order valence-electron chi connectivity index (χ0n) is 7.66. The van der Waals surface area contributed by atoms with E-state index < -0.39 is 11.9 Å². The Bertz CT molecular complexity index is 218. The molecule has 0 heterocycles. The molecular weight excluding hydrogens is 174 g/mol. The number of nitrogens with one attached hydrogen (secondary N) is 1. The van der Waals surface area contributed by atoms with Crippen molar-refractivity contribution < 1.29 is 19.4 Å². The van der Waals surface area contributed by atoms with E-state index in [4.69, 9.17) is 5.11 Å². The van der Waals surface area contributed by atoms with Crippen molar-refractivity contribution in [3.8, 4) is 0 Å². The summed E-state index contributed by atoms with van der Waals surface area (Å²) in [6.45, 7) is 3.14. The third-order valence-electron chi connectivity index (χ3n) is 1.05. The molecule has 0 radical (unpaired) electrons. The highest BCUT2D eigenvalue weighted by atomic mass is 16.5. The van der Waals surface area contributed by atoms with Crippen LogP contribution in [0.1, 0.15) is 13.8 Å². The van der Waals surface area contributed by atoms with Gasteiger partial charge in [0.2, 0.25) is 5.91 Å². The molecule has 74 valence electrons. The summed E-state index contributed by atoms with van der Waals surface area (Å²) in [4.78, 5) is 21.5. The molecular formula is C8H13NO4. The molecule has 0 aromatic rings. The number of carbonyl (C=O) groups excluding carboxylic acids is 2. The summed E-state index contributed by atoms with van der Waals surface area (Å²) in [7, 11) is 0. The number of ether oxygens (including phenoxy) is 1. The third-order valence-corrected chi connectivity index (χ3v) is 1.05. The van der Waals surface area contributed by atoms with Gasteiger partial charge in [-0.3, -0.25) is 9.59 Å². The topological polar surface area (TPSA) is 75.6 Å². The maximum absolute atomic E-state index is 10.8. The molecule has 0 fully saturated rings. The minimum Gasteiger partial charge on any atom is -0.512 e. The van der Waals surface area contributed by atoms with Gasteiger partial charge in [0.25, 0.3) is 0 Å². The normalized spacial score (nSPS) is 10.8. The highest BCUT2D eigenvalue weighted by Gasteiger charge is 2.03. The third kappa shape index (κ3) is 6.86. The first-order valence-electron chi connectivity index (χ1n) is 3.87. The Kier molecular flexibility index (Phi) is 5.34. The van der Waals surface area contributed by atoms with E-state index in [2.05, 4.69) is 10.1 Å². The number of hydrogen-bond donors (Lipinski definition) is 2. The summed E-state index contributed by atoms with van der Waals surface area (Å²) >= 11 is 0. The number of esters is 1. The summed E-state index contributed by atoms with van der Waals surface area (Å²) < 4.78 is 4.56. The number of carbonyl (C=O) groups is 2. The zero-order chi connectivity index (χ0) is 10.3. The summed E-state index contributed by atoms with van der Waals surface area (Å²) in [6, 6.07) is 0. The molecule has 0 spiro atoms. The highest BCUT2D eigenvalue weighted by molar-refractivity contribution is 5.90. The fourth-order valence-electron chi connectivity index (χ4n) is 0.612. The lowest BCUT2D eigenvalue weighted by molar-refractivity contribution is -0.143. The fraction of sp³-hybridized carbons (Fsp3) is 0.500. The van der Waals surface area contributed by atoms with Crippen LogP contribution in [0.4, 0.5) is 0 Å². The zero-order valence-corrected chi connectivity index (χ0v) is 7.66. The Hall–Kier alpha value is -1.52. The van der Waals surface area contributed by atoms with E-state index in [-0.39, 0.29) is 18.9 Å². The van der Waals surface area contributed by atoms with E-state index in [1.807, 2.05) is 0 Å². The number of aliphatic hydroxyl groups is 1. The predicted molar refractivity (Wildman–Crippen MR) is 46.0 cm³/mol. The average Bonchev–Trinajstić information content (AvgIpc) is 2.00. The molecule has 0 aromatic heterocycles. The van der Waals surface area contributed by atoms with Gasteiger partial charge >= 0.3 is 5.97 Å². The van der Waals surface area contributed by atoms with Gasteiger partial charge in [-0.15, -0.1) is 0 Å². The van der Waals surface area contributed by atoms with Crippen LogP contribution < -0.4 is 5.32 Å². The first-order valence-corrected chi connectivity index (χ1v) is 3.87. The Morgan fingerprint density at radius 2 is 2.15 bits per heavy atom. The molecule has 0 unspecified atom stereocenters. The molecule has 0 aliphatic carbocycles. The summed E-state index contributed by atoms with van der Waals surface area (Å²) in [5, 5.41) is 10.9. The standard InChI is InChI=1S/C8H13NO4/c1-3-13-8(12)5-9-7(11)4-6(2)10/h4,10H,3,5H2,1-2H3,(H,9,11)/b6-4-.